The molecule has 1 aromatic rings. The van der Waals surface area contributed by atoms with Crippen LogP contribution in [0.1, 0.15) is 43.2 Å². The molecule has 0 saturated heterocycles. The summed E-state index contributed by atoms with van der Waals surface area (Å²) in [5.41, 5.74) is 1.55. The van der Waals surface area contributed by atoms with Gasteiger partial charge in [-0.05, 0) is 50.5 Å². The summed E-state index contributed by atoms with van der Waals surface area (Å²) in [7, 11) is 1.32. The molecular weight excluding hydrogens is 296 g/mol. The molecule has 0 aliphatic carbocycles. The van der Waals surface area contributed by atoms with Gasteiger partial charge in [0.05, 0.1) is 7.11 Å². The molecular formula is C17H22N2O4. The van der Waals surface area contributed by atoms with Crippen LogP contribution in [0.2, 0.25) is 0 Å². The molecule has 2 rings (SSSR count). The molecule has 23 heavy (non-hydrogen) atoms. The zero-order valence-electron chi connectivity index (χ0n) is 14.0. The van der Waals surface area contributed by atoms with Crippen molar-refractivity contribution in [3.8, 4) is 0 Å². The van der Waals surface area contributed by atoms with Gasteiger partial charge in [-0.1, -0.05) is 6.08 Å². The van der Waals surface area contributed by atoms with E-state index in [4.69, 9.17) is 4.74 Å². The van der Waals surface area contributed by atoms with Gasteiger partial charge in [0, 0.05) is 19.3 Å². The van der Waals surface area contributed by atoms with Crippen molar-refractivity contribution >= 4 is 17.6 Å². The number of carbonyl (C=O) groups is 2. The van der Waals surface area contributed by atoms with Gasteiger partial charge < -0.3 is 14.4 Å². The maximum Gasteiger partial charge on any atom is 0.410 e. The average Bonchev–Trinajstić information content (AvgIpc) is 2.53. The second kappa shape index (κ2) is 6.81. The van der Waals surface area contributed by atoms with E-state index >= 15 is 0 Å². The number of hydrogen-bond donors (Lipinski definition) is 0. The van der Waals surface area contributed by atoms with Crippen LogP contribution < -0.4 is 0 Å². The lowest BCUT2D eigenvalue weighted by molar-refractivity contribution is 0.0272. The second-order valence-electron chi connectivity index (χ2n) is 6.34. The zero-order valence-corrected chi connectivity index (χ0v) is 14.0. The molecule has 0 radical (unpaired) electrons. The molecule has 2 heterocycles. The Hall–Kier alpha value is -2.37. The summed E-state index contributed by atoms with van der Waals surface area (Å²) in [5.74, 6) is -0.479. The van der Waals surface area contributed by atoms with Gasteiger partial charge in [0.25, 0.3) is 0 Å². The highest BCUT2D eigenvalue weighted by molar-refractivity contribution is 5.88. The Morgan fingerprint density at radius 2 is 2.04 bits per heavy atom. The Kier molecular flexibility index (Phi) is 5.03. The second-order valence-corrected chi connectivity index (χ2v) is 6.34. The van der Waals surface area contributed by atoms with E-state index in [1.807, 2.05) is 26.8 Å². The first-order valence-corrected chi connectivity index (χ1v) is 7.52. The van der Waals surface area contributed by atoms with Crippen molar-refractivity contribution in [2.75, 3.05) is 20.2 Å². The van der Waals surface area contributed by atoms with E-state index in [2.05, 4.69) is 15.8 Å². The Balaban J connectivity index is 2.14. The average molecular weight is 318 g/mol. The first-order valence-electron chi connectivity index (χ1n) is 7.52. The molecule has 0 N–H and O–H groups in total. The number of ether oxygens (including phenoxy) is 2. The third-order valence-electron chi connectivity index (χ3n) is 3.33. The van der Waals surface area contributed by atoms with Gasteiger partial charge in [-0.25, -0.2) is 14.6 Å². The highest BCUT2D eigenvalue weighted by atomic mass is 16.6. The molecule has 1 aromatic heterocycles. The van der Waals surface area contributed by atoms with Crippen molar-refractivity contribution < 1.29 is 19.1 Å². The number of pyridine rings is 1. The summed E-state index contributed by atoms with van der Waals surface area (Å²) in [4.78, 5) is 29.5. The first-order chi connectivity index (χ1) is 10.8. The van der Waals surface area contributed by atoms with Crippen molar-refractivity contribution in [1.82, 2.24) is 9.88 Å². The number of esters is 1. The van der Waals surface area contributed by atoms with Crippen LogP contribution in [0, 0.1) is 0 Å². The number of aromatic nitrogens is 1. The molecule has 1 amide bonds. The summed E-state index contributed by atoms with van der Waals surface area (Å²) >= 11 is 0. The van der Waals surface area contributed by atoms with Gasteiger partial charge in [-0.3, -0.25) is 0 Å². The van der Waals surface area contributed by atoms with Crippen molar-refractivity contribution in [1.29, 1.82) is 0 Å². The van der Waals surface area contributed by atoms with E-state index in [1.54, 1.807) is 17.2 Å². The molecule has 0 saturated carbocycles. The maximum atomic E-state index is 12.2. The summed E-state index contributed by atoms with van der Waals surface area (Å²) in [5, 5.41) is 0. The number of rotatable bonds is 2. The Morgan fingerprint density at radius 3 is 2.70 bits per heavy atom. The molecule has 0 atom stereocenters. The van der Waals surface area contributed by atoms with E-state index in [9.17, 15) is 9.59 Å². The third-order valence-corrected chi connectivity index (χ3v) is 3.33. The predicted molar refractivity (Wildman–Crippen MR) is 86.0 cm³/mol. The summed E-state index contributed by atoms with van der Waals surface area (Å²) in [6.07, 6.45) is 4.04. The number of nitrogens with zero attached hydrogens (tertiary/aromatic N) is 2. The molecule has 0 bridgehead atoms. The van der Waals surface area contributed by atoms with Crippen LogP contribution in [0.25, 0.3) is 5.57 Å². The summed E-state index contributed by atoms with van der Waals surface area (Å²) in [6.45, 7) is 6.60. The van der Waals surface area contributed by atoms with E-state index < -0.39 is 11.6 Å². The van der Waals surface area contributed by atoms with Gasteiger partial charge >= 0.3 is 12.1 Å². The highest BCUT2D eigenvalue weighted by Crippen LogP contribution is 2.22. The van der Waals surface area contributed by atoms with Gasteiger partial charge in [0.15, 0.2) is 0 Å². The maximum absolute atomic E-state index is 12.2. The molecule has 124 valence electrons. The van der Waals surface area contributed by atoms with Crippen LogP contribution in [0.3, 0.4) is 0 Å². The number of amides is 1. The molecule has 0 spiro atoms. The van der Waals surface area contributed by atoms with Crippen molar-refractivity contribution in [3.05, 3.63) is 35.7 Å². The lowest BCUT2D eigenvalue weighted by Crippen LogP contribution is -2.39. The van der Waals surface area contributed by atoms with E-state index in [-0.39, 0.29) is 11.8 Å². The van der Waals surface area contributed by atoms with Gasteiger partial charge in [0.1, 0.15) is 11.3 Å². The van der Waals surface area contributed by atoms with Crippen molar-refractivity contribution in [2.24, 2.45) is 0 Å². The zero-order chi connectivity index (χ0) is 17.0. The minimum Gasteiger partial charge on any atom is -0.464 e. The standard InChI is InChI=1S/C17H22N2O4/c1-17(2,3)23-16(21)19-9-5-6-13(11-19)12-7-8-18-14(10-12)15(20)22-4/h6-8,10H,5,9,11H2,1-4H3. The third kappa shape index (κ3) is 4.55. The minimum atomic E-state index is -0.521. The lowest BCUT2D eigenvalue weighted by atomic mass is 10.0. The van der Waals surface area contributed by atoms with Crippen LogP contribution in [-0.4, -0.2) is 47.7 Å². The number of carbonyl (C=O) groups excluding carboxylic acids is 2. The lowest BCUT2D eigenvalue weighted by Gasteiger charge is -2.30. The number of hydrogen-bond acceptors (Lipinski definition) is 5. The van der Waals surface area contributed by atoms with Crippen LogP contribution >= 0.6 is 0 Å². The van der Waals surface area contributed by atoms with Gasteiger partial charge in [-0.15, -0.1) is 0 Å². The quantitative estimate of drug-likeness (QED) is 0.784. The molecule has 1 aliphatic heterocycles. The van der Waals surface area contributed by atoms with Gasteiger partial charge in [0.2, 0.25) is 0 Å². The molecule has 6 nitrogen and oxygen atoms in total. The van der Waals surface area contributed by atoms with E-state index in [0.29, 0.717) is 13.1 Å². The van der Waals surface area contributed by atoms with Crippen LogP contribution in [0.4, 0.5) is 4.79 Å². The Bertz CT molecular complexity index is 632. The molecule has 0 unspecified atom stereocenters. The Morgan fingerprint density at radius 1 is 1.30 bits per heavy atom. The smallest absolute Gasteiger partial charge is 0.410 e. The molecule has 0 fully saturated rings. The topological polar surface area (TPSA) is 68.7 Å². The fraction of sp³-hybridized carbons (Fsp3) is 0.471. The first kappa shape index (κ1) is 17.0. The number of methoxy groups -OCH3 is 1. The normalized spacial score (nSPS) is 15.0. The van der Waals surface area contributed by atoms with Crippen LogP contribution in [-0.2, 0) is 9.47 Å². The largest absolute Gasteiger partial charge is 0.464 e. The fourth-order valence-corrected chi connectivity index (χ4v) is 2.28. The molecule has 0 aromatic carbocycles. The van der Waals surface area contributed by atoms with Gasteiger partial charge in [-0.2, -0.15) is 0 Å². The summed E-state index contributed by atoms with van der Waals surface area (Å²) < 4.78 is 10.1. The molecule has 6 heteroatoms. The van der Waals surface area contributed by atoms with Crippen molar-refractivity contribution in [3.63, 3.8) is 0 Å². The predicted octanol–water partition coefficient (Wildman–Crippen LogP) is 2.89. The van der Waals surface area contributed by atoms with Crippen LogP contribution in [0.15, 0.2) is 24.4 Å². The molecule has 1 aliphatic rings. The SMILES string of the molecule is COC(=O)c1cc(C2=CCCN(C(=O)OC(C)(C)C)C2)ccn1. The van der Waals surface area contributed by atoms with E-state index in [1.165, 1.54) is 7.11 Å². The summed E-state index contributed by atoms with van der Waals surface area (Å²) in [6, 6.07) is 3.49. The Labute approximate surface area is 136 Å². The monoisotopic (exact) mass is 318 g/mol. The van der Waals surface area contributed by atoms with Crippen molar-refractivity contribution in [2.45, 2.75) is 32.8 Å². The van der Waals surface area contributed by atoms with E-state index in [0.717, 1.165) is 17.6 Å². The highest BCUT2D eigenvalue weighted by Gasteiger charge is 2.25. The minimum absolute atomic E-state index is 0.250. The van der Waals surface area contributed by atoms with Crippen LogP contribution in [0.5, 0.6) is 0 Å². The fourth-order valence-electron chi connectivity index (χ4n) is 2.28.